The van der Waals surface area contributed by atoms with Crippen molar-refractivity contribution in [3.05, 3.63) is 12.3 Å². The summed E-state index contributed by atoms with van der Waals surface area (Å²) in [5.74, 6) is 1.02. The van der Waals surface area contributed by atoms with Crippen molar-refractivity contribution in [2.45, 2.75) is 30.5 Å². The van der Waals surface area contributed by atoms with Gasteiger partial charge in [-0.15, -0.1) is 0 Å². The van der Waals surface area contributed by atoms with Crippen molar-refractivity contribution in [1.29, 1.82) is 0 Å². The summed E-state index contributed by atoms with van der Waals surface area (Å²) in [6.07, 6.45) is 7.51. The monoisotopic (exact) mass is 238 g/mol. The first kappa shape index (κ1) is 11.7. The van der Waals surface area contributed by atoms with E-state index in [4.69, 9.17) is 5.73 Å². The van der Waals surface area contributed by atoms with Gasteiger partial charge in [0.05, 0.1) is 0 Å². The number of anilines is 1. The van der Waals surface area contributed by atoms with Gasteiger partial charge >= 0.3 is 0 Å². The minimum Gasteiger partial charge on any atom is -0.352 e. The molecule has 0 aromatic carbocycles. The summed E-state index contributed by atoms with van der Waals surface area (Å²) in [5, 5.41) is 0.832. The largest absolute Gasteiger partial charge is 0.352 e. The Kier molecular flexibility index (Phi) is 4.01. The van der Waals surface area contributed by atoms with Gasteiger partial charge < -0.3 is 10.6 Å². The number of nitrogens with zero attached hydrogens (tertiary/aromatic N) is 3. The zero-order chi connectivity index (χ0) is 11.4. The number of hydrogen-bond donors (Lipinski definition) is 1. The normalized spacial score (nSPS) is 21.1. The molecule has 0 radical (unpaired) electrons. The van der Waals surface area contributed by atoms with E-state index in [1.807, 2.05) is 18.5 Å². The Balaban J connectivity index is 2.20. The Morgan fingerprint density at radius 2 is 2.44 bits per heavy atom. The SMILES string of the molecule is CSc1nccc(N2CCCCC2CN)n1. The van der Waals surface area contributed by atoms with Crippen LogP contribution in [0.5, 0.6) is 0 Å². The summed E-state index contributed by atoms with van der Waals surface area (Å²) < 4.78 is 0. The highest BCUT2D eigenvalue weighted by molar-refractivity contribution is 7.98. The zero-order valence-electron chi connectivity index (χ0n) is 9.59. The molecular weight excluding hydrogens is 220 g/mol. The van der Waals surface area contributed by atoms with E-state index in [1.165, 1.54) is 19.3 Å². The van der Waals surface area contributed by atoms with E-state index in [0.29, 0.717) is 12.6 Å². The lowest BCUT2D eigenvalue weighted by atomic mass is 10.0. The van der Waals surface area contributed by atoms with Crippen LogP contribution in [0.4, 0.5) is 5.82 Å². The maximum absolute atomic E-state index is 5.81. The first-order valence-corrected chi connectivity index (χ1v) is 6.91. The fourth-order valence-electron chi connectivity index (χ4n) is 2.14. The summed E-state index contributed by atoms with van der Waals surface area (Å²) in [4.78, 5) is 11.1. The quantitative estimate of drug-likeness (QED) is 0.639. The second-order valence-electron chi connectivity index (χ2n) is 3.98. The molecule has 0 bridgehead atoms. The fraction of sp³-hybridized carbons (Fsp3) is 0.636. The topological polar surface area (TPSA) is 55.0 Å². The molecule has 0 amide bonds. The third-order valence-electron chi connectivity index (χ3n) is 2.99. The molecule has 1 unspecified atom stereocenters. The van der Waals surface area contributed by atoms with Crippen LogP contribution in [0, 0.1) is 0 Å². The van der Waals surface area contributed by atoms with Gasteiger partial charge in [-0.25, -0.2) is 9.97 Å². The fourth-order valence-corrected chi connectivity index (χ4v) is 2.49. The molecule has 4 nitrogen and oxygen atoms in total. The minimum atomic E-state index is 0.443. The summed E-state index contributed by atoms with van der Waals surface area (Å²) >= 11 is 1.58. The van der Waals surface area contributed by atoms with Crippen LogP contribution in [0.2, 0.25) is 0 Å². The van der Waals surface area contributed by atoms with E-state index >= 15 is 0 Å². The van der Waals surface area contributed by atoms with Crippen molar-refractivity contribution >= 4 is 17.6 Å². The Morgan fingerprint density at radius 1 is 1.56 bits per heavy atom. The average molecular weight is 238 g/mol. The number of aromatic nitrogens is 2. The maximum atomic E-state index is 5.81. The molecule has 1 aromatic rings. The number of rotatable bonds is 3. The van der Waals surface area contributed by atoms with Crippen molar-refractivity contribution in [2.24, 2.45) is 5.73 Å². The van der Waals surface area contributed by atoms with Gasteiger partial charge in [0.25, 0.3) is 0 Å². The van der Waals surface area contributed by atoms with Gasteiger partial charge in [0, 0.05) is 25.3 Å². The smallest absolute Gasteiger partial charge is 0.189 e. The van der Waals surface area contributed by atoms with Gasteiger partial charge in [-0.3, -0.25) is 0 Å². The second kappa shape index (κ2) is 5.50. The van der Waals surface area contributed by atoms with Crippen LogP contribution >= 0.6 is 11.8 Å². The molecular formula is C11H18N4S. The molecule has 16 heavy (non-hydrogen) atoms. The van der Waals surface area contributed by atoms with E-state index in [0.717, 1.165) is 17.5 Å². The molecule has 2 heterocycles. The van der Waals surface area contributed by atoms with E-state index in [-0.39, 0.29) is 0 Å². The molecule has 0 aliphatic carbocycles. The third-order valence-corrected chi connectivity index (χ3v) is 3.56. The Bertz CT molecular complexity index is 345. The van der Waals surface area contributed by atoms with Crippen LogP contribution < -0.4 is 10.6 Å². The lowest BCUT2D eigenvalue weighted by Crippen LogP contribution is -2.44. The van der Waals surface area contributed by atoms with Crippen LogP contribution in [-0.4, -0.2) is 35.4 Å². The van der Waals surface area contributed by atoms with Crippen molar-refractivity contribution in [1.82, 2.24) is 9.97 Å². The second-order valence-corrected chi connectivity index (χ2v) is 4.75. The van der Waals surface area contributed by atoms with Crippen LogP contribution in [0.25, 0.3) is 0 Å². The van der Waals surface area contributed by atoms with Gasteiger partial charge in [-0.2, -0.15) is 0 Å². The van der Waals surface area contributed by atoms with Crippen molar-refractivity contribution < 1.29 is 0 Å². The summed E-state index contributed by atoms with van der Waals surface area (Å²) in [6.45, 7) is 1.77. The molecule has 1 aliphatic rings. The molecule has 0 saturated carbocycles. The van der Waals surface area contributed by atoms with Crippen LogP contribution in [0.3, 0.4) is 0 Å². The summed E-state index contributed by atoms with van der Waals surface area (Å²) in [7, 11) is 0. The van der Waals surface area contributed by atoms with E-state index in [1.54, 1.807) is 11.8 Å². The molecule has 1 aliphatic heterocycles. The van der Waals surface area contributed by atoms with Gasteiger partial charge in [0.15, 0.2) is 5.16 Å². The van der Waals surface area contributed by atoms with Crippen molar-refractivity contribution in [3.8, 4) is 0 Å². The summed E-state index contributed by atoms with van der Waals surface area (Å²) in [5.41, 5.74) is 5.81. The van der Waals surface area contributed by atoms with Gasteiger partial charge in [-0.1, -0.05) is 11.8 Å². The average Bonchev–Trinajstić information content (AvgIpc) is 2.38. The number of hydrogen-bond acceptors (Lipinski definition) is 5. The molecule has 1 aromatic heterocycles. The lowest BCUT2D eigenvalue weighted by molar-refractivity contribution is 0.461. The minimum absolute atomic E-state index is 0.443. The number of nitrogens with two attached hydrogens (primary N) is 1. The third kappa shape index (κ3) is 2.47. The molecule has 2 rings (SSSR count). The highest BCUT2D eigenvalue weighted by Crippen LogP contribution is 2.23. The van der Waals surface area contributed by atoms with Crippen molar-refractivity contribution in [2.75, 3.05) is 24.2 Å². The van der Waals surface area contributed by atoms with Crippen molar-refractivity contribution in [3.63, 3.8) is 0 Å². The number of piperidine rings is 1. The first-order valence-electron chi connectivity index (χ1n) is 5.69. The molecule has 2 N–H and O–H groups in total. The number of thioether (sulfide) groups is 1. The molecule has 1 fully saturated rings. The maximum Gasteiger partial charge on any atom is 0.189 e. The van der Waals surface area contributed by atoms with Gasteiger partial charge in [-0.05, 0) is 31.6 Å². The Hall–Kier alpha value is -0.810. The Labute approximate surface area is 101 Å². The standard InChI is InChI=1S/C11H18N4S/c1-16-11-13-6-5-10(14-11)15-7-3-2-4-9(15)8-12/h5-6,9H,2-4,7-8,12H2,1H3. The Morgan fingerprint density at radius 3 is 3.19 bits per heavy atom. The first-order chi connectivity index (χ1) is 7.85. The van der Waals surface area contributed by atoms with Gasteiger partial charge in [0.1, 0.15) is 5.82 Å². The molecule has 88 valence electrons. The predicted molar refractivity (Wildman–Crippen MR) is 67.9 cm³/mol. The molecule has 0 spiro atoms. The van der Waals surface area contributed by atoms with Crippen LogP contribution in [-0.2, 0) is 0 Å². The molecule has 1 atom stereocenters. The molecule has 1 saturated heterocycles. The molecule has 5 heteroatoms. The van der Waals surface area contributed by atoms with E-state index in [9.17, 15) is 0 Å². The predicted octanol–water partition coefficient (Wildman–Crippen LogP) is 1.52. The van der Waals surface area contributed by atoms with Crippen LogP contribution in [0.15, 0.2) is 17.4 Å². The zero-order valence-corrected chi connectivity index (χ0v) is 10.4. The van der Waals surface area contributed by atoms with E-state index in [2.05, 4.69) is 14.9 Å². The lowest BCUT2D eigenvalue weighted by Gasteiger charge is -2.35. The highest BCUT2D eigenvalue weighted by Gasteiger charge is 2.22. The van der Waals surface area contributed by atoms with E-state index < -0.39 is 0 Å². The van der Waals surface area contributed by atoms with Gasteiger partial charge in [0.2, 0.25) is 0 Å². The van der Waals surface area contributed by atoms with Crippen LogP contribution in [0.1, 0.15) is 19.3 Å². The summed E-state index contributed by atoms with van der Waals surface area (Å²) in [6, 6.07) is 2.42. The highest BCUT2D eigenvalue weighted by atomic mass is 32.2.